The molecule has 0 aliphatic carbocycles. The number of guanidine groups is 1. The summed E-state index contributed by atoms with van der Waals surface area (Å²) in [4.78, 5) is 3.61. The first-order chi connectivity index (χ1) is 6.82. The molecule has 82 valence electrons. The van der Waals surface area contributed by atoms with Crippen LogP contribution < -0.4 is 11.5 Å². The highest BCUT2D eigenvalue weighted by Crippen LogP contribution is 2.35. The molecular weight excluding hydrogens is 207 g/mol. The van der Waals surface area contributed by atoms with E-state index in [0.29, 0.717) is 0 Å². The highest BCUT2D eigenvalue weighted by Gasteiger charge is 2.32. The molecule has 1 aromatic carbocycles. The Bertz CT molecular complexity index is 392. The largest absolute Gasteiger partial charge is 0.416 e. The molecule has 0 fully saturated rings. The van der Waals surface area contributed by atoms with E-state index in [-0.39, 0.29) is 17.2 Å². The van der Waals surface area contributed by atoms with Gasteiger partial charge in [-0.05, 0) is 24.6 Å². The Balaban J connectivity index is 3.30. The molecule has 1 rings (SSSR count). The fraction of sp³-hybridized carbons (Fsp3) is 0.222. The quantitative estimate of drug-likeness (QED) is 0.557. The minimum absolute atomic E-state index is 0.0124. The molecule has 1 aromatic rings. The van der Waals surface area contributed by atoms with Crippen LogP contribution in [0.2, 0.25) is 0 Å². The van der Waals surface area contributed by atoms with E-state index in [4.69, 9.17) is 11.5 Å². The van der Waals surface area contributed by atoms with E-state index >= 15 is 0 Å². The summed E-state index contributed by atoms with van der Waals surface area (Å²) in [7, 11) is 0. The van der Waals surface area contributed by atoms with Crippen molar-refractivity contribution in [2.45, 2.75) is 13.1 Å². The minimum Gasteiger partial charge on any atom is -0.370 e. The summed E-state index contributed by atoms with van der Waals surface area (Å²) in [5.74, 6) is -0.266. The first-order valence-corrected chi connectivity index (χ1v) is 4.09. The highest BCUT2D eigenvalue weighted by atomic mass is 19.4. The third-order valence-corrected chi connectivity index (χ3v) is 1.86. The molecule has 0 unspecified atom stereocenters. The Morgan fingerprint density at radius 2 is 1.87 bits per heavy atom. The molecule has 6 heteroatoms. The SMILES string of the molecule is Cc1c(N=C(N)N)cccc1C(F)(F)F. The van der Waals surface area contributed by atoms with Gasteiger partial charge in [0.05, 0.1) is 11.3 Å². The monoisotopic (exact) mass is 217 g/mol. The molecule has 0 amide bonds. The van der Waals surface area contributed by atoms with Gasteiger partial charge in [0, 0.05) is 0 Å². The van der Waals surface area contributed by atoms with E-state index in [0.717, 1.165) is 6.07 Å². The zero-order valence-corrected chi connectivity index (χ0v) is 7.97. The molecule has 0 saturated heterocycles. The Labute approximate surface area is 84.6 Å². The Kier molecular flexibility index (Phi) is 2.88. The molecule has 0 radical (unpaired) electrons. The van der Waals surface area contributed by atoms with Gasteiger partial charge in [0.15, 0.2) is 5.96 Å². The average molecular weight is 217 g/mol. The van der Waals surface area contributed by atoms with Crippen LogP contribution in [-0.4, -0.2) is 5.96 Å². The summed E-state index contributed by atoms with van der Waals surface area (Å²) in [5.41, 5.74) is 9.61. The number of alkyl halides is 3. The number of nitrogens with zero attached hydrogens (tertiary/aromatic N) is 1. The van der Waals surface area contributed by atoms with E-state index in [9.17, 15) is 13.2 Å². The van der Waals surface area contributed by atoms with Gasteiger partial charge < -0.3 is 11.5 Å². The lowest BCUT2D eigenvalue weighted by molar-refractivity contribution is -0.138. The molecule has 0 heterocycles. The molecule has 0 bridgehead atoms. The van der Waals surface area contributed by atoms with Crippen molar-refractivity contribution in [2.75, 3.05) is 0 Å². The lowest BCUT2D eigenvalue weighted by Gasteiger charge is -2.11. The summed E-state index contributed by atoms with van der Waals surface area (Å²) in [6.45, 7) is 1.32. The van der Waals surface area contributed by atoms with Gasteiger partial charge in [-0.25, -0.2) is 4.99 Å². The van der Waals surface area contributed by atoms with Crippen LogP contribution in [-0.2, 0) is 6.18 Å². The molecule has 0 saturated carbocycles. The van der Waals surface area contributed by atoms with Crippen molar-refractivity contribution in [3.8, 4) is 0 Å². The van der Waals surface area contributed by atoms with Crippen molar-refractivity contribution in [1.29, 1.82) is 0 Å². The molecule has 0 aliphatic rings. The molecule has 0 atom stereocenters. The van der Waals surface area contributed by atoms with Crippen LogP contribution >= 0.6 is 0 Å². The van der Waals surface area contributed by atoms with Gasteiger partial charge in [-0.15, -0.1) is 0 Å². The standard InChI is InChI=1S/C9H10F3N3/c1-5-6(9(10,11)12)3-2-4-7(5)15-8(13)14/h2-4H,1H3,(H4,13,14,15). The second-order valence-electron chi connectivity index (χ2n) is 2.98. The van der Waals surface area contributed by atoms with E-state index in [2.05, 4.69) is 4.99 Å². The summed E-state index contributed by atoms with van der Waals surface area (Å²) < 4.78 is 37.4. The van der Waals surface area contributed by atoms with Gasteiger partial charge in [0.2, 0.25) is 0 Å². The Morgan fingerprint density at radius 1 is 1.27 bits per heavy atom. The lowest BCUT2D eigenvalue weighted by Crippen LogP contribution is -2.22. The number of benzene rings is 1. The van der Waals surface area contributed by atoms with Crippen molar-refractivity contribution < 1.29 is 13.2 Å². The molecule has 4 N–H and O–H groups in total. The second-order valence-corrected chi connectivity index (χ2v) is 2.98. The normalized spacial score (nSPS) is 11.2. The predicted octanol–water partition coefficient (Wildman–Crippen LogP) is 1.92. The van der Waals surface area contributed by atoms with Gasteiger partial charge in [-0.3, -0.25) is 0 Å². The van der Waals surface area contributed by atoms with Crippen LogP contribution in [0.4, 0.5) is 18.9 Å². The first kappa shape index (κ1) is 11.4. The van der Waals surface area contributed by atoms with Crippen LogP contribution in [0.3, 0.4) is 0 Å². The second kappa shape index (κ2) is 3.80. The summed E-state index contributed by atoms with van der Waals surface area (Å²) in [6.07, 6.45) is -4.39. The maximum absolute atomic E-state index is 12.5. The number of rotatable bonds is 1. The van der Waals surface area contributed by atoms with Crippen molar-refractivity contribution in [2.24, 2.45) is 16.5 Å². The summed E-state index contributed by atoms with van der Waals surface area (Å²) in [6, 6.07) is 3.67. The smallest absolute Gasteiger partial charge is 0.370 e. The number of nitrogens with two attached hydrogens (primary N) is 2. The Hall–Kier alpha value is -1.72. The van der Waals surface area contributed by atoms with Gasteiger partial charge in [-0.1, -0.05) is 6.07 Å². The van der Waals surface area contributed by atoms with Crippen molar-refractivity contribution in [3.63, 3.8) is 0 Å². The molecule has 15 heavy (non-hydrogen) atoms. The highest BCUT2D eigenvalue weighted by molar-refractivity contribution is 5.79. The number of hydrogen-bond donors (Lipinski definition) is 2. The number of halogens is 3. The maximum Gasteiger partial charge on any atom is 0.416 e. The van der Waals surface area contributed by atoms with Crippen LogP contribution in [0.15, 0.2) is 23.2 Å². The topological polar surface area (TPSA) is 64.4 Å². The van der Waals surface area contributed by atoms with Crippen molar-refractivity contribution in [1.82, 2.24) is 0 Å². The van der Waals surface area contributed by atoms with E-state index in [1.54, 1.807) is 0 Å². The number of aliphatic imine (C=N–C) groups is 1. The fourth-order valence-corrected chi connectivity index (χ4v) is 1.19. The van der Waals surface area contributed by atoms with Crippen molar-refractivity contribution >= 4 is 11.6 Å². The predicted molar refractivity (Wildman–Crippen MR) is 51.7 cm³/mol. The number of hydrogen-bond acceptors (Lipinski definition) is 1. The van der Waals surface area contributed by atoms with Gasteiger partial charge >= 0.3 is 6.18 Å². The molecular formula is C9H10F3N3. The van der Waals surface area contributed by atoms with E-state index in [1.807, 2.05) is 0 Å². The van der Waals surface area contributed by atoms with E-state index < -0.39 is 11.7 Å². The summed E-state index contributed by atoms with van der Waals surface area (Å²) >= 11 is 0. The van der Waals surface area contributed by atoms with Crippen LogP contribution in [0.25, 0.3) is 0 Å². The molecule has 0 aliphatic heterocycles. The average Bonchev–Trinajstić information content (AvgIpc) is 2.05. The lowest BCUT2D eigenvalue weighted by atomic mass is 10.1. The molecule has 3 nitrogen and oxygen atoms in total. The minimum atomic E-state index is -4.39. The zero-order valence-electron chi connectivity index (χ0n) is 7.97. The summed E-state index contributed by atoms with van der Waals surface area (Å²) in [5, 5.41) is 0. The van der Waals surface area contributed by atoms with Crippen LogP contribution in [0, 0.1) is 6.92 Å². The van der Waals surface area contributed by atoms with Gasteiger partial charge in [0.1, 0.15) is 0 Å². The van der Waals surface area contributed by atoms with Gasteiger partial charge in [0.25, 0.3) is 0 Å². The van der Waals surface area contributed by atoms with Crippen molar-refractivity contribution in [3.05, 3.63) is 29.3 Å². The van der Waals surface area contributed by atoms with Gasteiger partial charge in [-0.2, -0.15) is 13.2 Å². The Morgan fingerprint density at radius 3 is 2.33 bits per heavy atom. The fourth-order valence-electron chi connectivity index (χ4n) is 1.19. The maximum atomic E-state index is 12.5. The van der Waals surface area contributed by atoms with Crippen LogP contribution in [0.5, 0.6) is 0 Å². The first-order valence-electron chi connectivity index (χ1n) is 4.09. The van der Waals surface area contributed by atoms with Crippen LogP contribution in [0.1, 0.15) is 11.1 Å². The molecule has 0 spiro atoms. The zero-order chi connectivity index (χ0) is 11.6. The molecule has 0 aromatic heterocycles. The third kappa shape index (κ3) is 2.61. The third-order valence-electron chi connectivity index (χ3n) is 1.86. The van der Waals surface area contributed by atoms with E-state index in [1.165, 1.54) is 19.1 Å².